The van der Waals surface area contributed by atoms with Crippen molar-refractivity contribution < 1.29 is 42.4 Å². The van der Waals surface area contributed by atoms with Gasteiger partial charge in [-0.25, -0.2) is 4.79 Å². The standard InChI is InChI=1S/C23H43NO9Si/c1-14(25)24-17-15(33-34(10,11)21(2,3)4)12-23(29-9,20(26)28-8)32-19(17)18(27-7)16-13-30-22(5,6)31-16/h15-19H,12-13H2,1-11H3,(H,24,25)/t15-,16+,17+,18+,19+,23-/m0/s1. The predicted octanol–water partition coefficient (Wildman–Crippen LogP) is 2.35. The number of esters is 1. The van der Waals surface area contributed by atoms with Gasteiger partial charge < -0.3 is 38.2 Å². The van der Waals surface area contributed by atoms with E-state index >= 15 is 0 Å². The minimum Gasteiger partial charge on any atom is -0.465 e. The molecule has 1 N–H and O–H groups in total. The molecule has 0 aromatic heterocycles. The Labute approximate surface area is 204 Å². The summed E-state index contributed by atoms with van der Waals surface area (Å²) in [6, 6.07) is -0.642. The fourth-order valence-corrected chi connectivity index (χ4v) is 5.51. The monoisotopic (exact) mass is 505 g/mol. The first-order valence-electron chi connectivity index (χ1n) is 11.6. The highest BCUT2D eigenvalue weighted by atomic mass is 28.4. The second-order valence-corrected chi connectivity index (χ2v) is 15.7. The fourth-order valence-electron chi connectivity index (χ4n) is 4.17. The van der Waals surface area contributed by atoms with E-state index in [1.165, 1.54) is 28.3 Å². The van der Waals surface area contributed by atoms with Gasteiger partial charge >= 0.3 is 5.97 Å². The Morgan fingerprint density at radius 2 is 1.74 bits per heavy atom. The van der Waals surface area contributed by atoms with E-state index in [1.54, 1.807) is 0 Å². The number of hydrogen-bond donors (Lipinski definition) is 1. The van der Waals surface area contributed by atoms with E-state index in [-0.39, 0.29) is 24.0 Å². The van der Waals surface area contributed by atoms with Crippen molar-refractivity contribution in [2.75, 3.05) is 27.9 Å². The van der Waals surface area contributed by atoms with Crippen LogP contribution in [-0.2, 0) is 42.4 Å². The molecule has 0 aromatic rings. The van der Waals surface area contributed by atoms with E-state index in [4.69, 9.17) is 32.8 Å². The minimum absolute atomic E-state index is 0.0358. The summed E-state index contributed by atoms with van der Waals surface area (Å²) in [6.07, 6.45) is -2.66. The highest BCUT2D eigenvalue weighted by Crippen LogP contribution is 2.43. The lowest BCUT2D eigenvalue weighted by Crippen LogP contribution is -2.69. The van der Waals surface area contributed by atoms with Crippen molar-refractivity contribution in [3.05, 3.63) is 0 Å². The first-order valence-corrected chi connectivity index (χ1v) is 14.5. The van der Waals surface area contributed by atoms with E-state index in [0.717, 1.165) is 0 Å². The van der Waals surface area contributed by atoms with Crippen LogP contribution in [0, 0.1) is 0 Å². The fraction of sp³-hybridized carbons (Fsp3) is 0.913. The summed E-state index contributed by atoms with van der Waals surface area (Å²) in [4.78, 5) is 25.2. The van der Waals surface area contributed by atoms with Gasteiger partial charge in [0.15, 0.2) is 14.1 Å². The molecule has 34 heavy (non-hydrogen) atoms. The van der Waals surface area contributed by atoms with Crippen LogP contribution in [0.25, 0.3) is 0 Å². The molecule has 2 aliphatic rings. The number of ether oxygens (including phenoxy) is 6. The number of carbonyl (C=O) groups is 2. The molecular weight excluding hydrogens is 462 g/mol. The van der Waals surface area contributed by atoms with Crippen molar-refractivity contribution in [3.8, 4) is 0 Å². The maximum atomic E-state index is 12.9. The van der Waals surface area contributed by atoms with Crippen molar-refractivity contribution in [2.45, 2.75) is 108 Å². The van der Waals surface area contributed by atoms with Crippen LogP contribution in [0.15, 0.2) is 0 Å². The van der Waals surface area contributed by atoms with Gasteiger partial charge in [0.05, 0.1) is 25.9 Å². The normalized spacial score (nSPS) is 32.8. The van der Waals surface area contributed by atoms with Crippen LogP contribution >= 0.6 is 0 Å². The van der Waals surface area contributed by atoms with Crippen molar-refractivity contribution in [1.82, 2.24) is 5.32 Å². The average Bonchev–Trinajstić information content (AvgIpc) is 3.07. The van der Waals surface area contributed by atoms with Crippen molar-refractivity contribution in [3.63, 3.8) is 0 Å². The molecule has 0 saturated carbocycles. The Morgan fingerprint density at radius 1 is 1.12 bits per heavy atom. The average molecular weight is 506 g/mol. The number of nitrogens with one attached hydrogen (secondary N) is 1. The minimum atomic E-state index is -2.35. The second kappa shape index (κ2) is 10.5. The third-order valence-corrected chi connectivity index (χ3v) is 11.5. The predicted molar refractivity (Wildman–Crippen MR) is 127 cm³/mol. The lowest BCUT2D eigenvalue weighted by molar-refractivity contribution is -0.306. The third kappa shape index (κ3) is 6.18. The van der Waals surface area contributed by atoms with Crippen LogP contribution in [0.3, 0.4) is 0 Å². The number of rotatable bonds is 8. The van der Waals surface area contributed by atoms with Crippen molar-refractivity contribution >= 4 is 20.2 Å². The molecule has 2 fully saturated rings. The van der Waals surface area contributed by atoms with Crippen LogP contribution in [0.1, 0.15) is 48.0 Å². The summed E-state index contributed by atoms with van der Waals surface area (Å²) < 4.78 is 41.4. The largest absolute Gasteiger partial charge is 0.465 e. The second-order valence-electron chi connectivity index (χ2n) is 10.9. The van der Waals surface area contributed by atoms with Gasteiger partial charge in [0.1, 0.15) is 18.3 Å². The number of carbonyl (C=O) groups excluding carboxylic acids is 2. The summed E-state index contributed by atoms with van der Waals surface area (Å²) in [7, 11) is 1.84. The molecule has 10 nitrogen and oxygen atoms in total. The number of hydrogen-bond acceptors (Lipinski definition) is 9. The molecule has 0 spiro atoms. The SMILES string of the molecule is COC(=O)[C@]1(OC)C[C@H](O[Si](C)(C)C(C)(C)C)[C@@H](NC(C)=O)[C@H]([C@H](OC)[C@H]2COC(C)(C)O2)O1. The molecule has 0 aromatic carbocycles. The molecular formula is C23H43NO9Si. The van der Waals surface area contributed by atoms with E-state index in [0.29, 0.717) is 0 Å². The smallest absolute Gasteiger partial charge is 0.366 e. The molecule has 2 saturated heterocycles. The highest BCUT2D eigenvalue weighted by Gasteiger charge is 2.59. The zero-order valence-corrected chi connectivity index (χ0v) is 23.5. The Hall–Kier alpha value is -1.08. The molecule has 2 heterocycles. The van der Waals surface area contributed by atoms with Gasteiger partial charge in [-0.15, -0.1) is 0 Å². The molecule has 0 unspecified atom stereocenters. The van der Waals surface area contributed by atoms with Gasteiger partial charge in [-0.2, -0.15) is 0 Å². The Kier molecular flexibility index (Phi) is 9.00. The highest BCUT2D eigenvalue weighted by molar-refractivity contribution is 6.74. The van der Waals surface area contributed by atoms with E-state index in [9.17, 15) is 9.59 Å². The zero-order chi connectivity index (χ0) is 26.1. The Balaban J connectivity index is 2.57. The summed E-state index contributed by atoms with van der Waals surface area (Å²) in [5, 5.41) is 2.87. The molecule has 2 aliphatic heterocycles. The van der Waals surface area contributed by atoms with Gasteiger partial charge in [0, 0.05) is 27.6 Å². The summed E-state index contributed by atoms with van der Waals surface area (Å²) >= 11 is 0. The molecule has 0 aliphatic carbocycles. The van der Waals surface area contributed by atoms with Crippen LogP contribution in [-0.4, -0.2) is 90.2 Å². The van der Waals surface area contributed by atoms with Crippen LogP contribution in [0.4, 0.5) is 0 Å². The summed E-state index contributed by atoms with van der Waals surface area (Å²) in [5.41, 5.74) is 0. The van der Waals surface area contributed by atoms with Gasteiger partial charge in [0.25, 0.3) is 5.79 Å². The van der Waals surface area contributed by atoms with Crippen LogP contribution in [0.5, 0.6) is 0 Å². The maximum absolute atomic E-state index is 12.9. The quantitative estimate of drug-likeness (QED) is 0.392. The molecule has 1 amide bonds. The van der Waals surface area contributed by atoms with Crippen LogP contribution in [0.2, 0.25) is 18.1 Å². The topological polar surface area (TPSA) is 111 Å². The van der Waals surface area contributed by atoms with Gasteiger partial charge in [0.2, 0.25) is 5.91 Å². The van der Waals surface area contributed by atoms with Gasteiger partial charge in [-0.3, -0.25) is 4.79 Å². The lowest BCUT2D eigenvalue weighted by Gasteiger charge is -2.51. The third-order valence-electron chi connectivity index (χ3n) is 6.99. The molecule has 2 rings (SSSR count). The first kappa shape index (κ1) is 29.1. The van der Waals surface area contributed by atoms with E-state index in [1.807, 2.05) is 13.8 Å². The van der Waals surface area contributed by atoms with Crippen LogP contribution < -0.4 is 5.32 Å². The molecule has 6 atom stereocenters. The van der Waals surface area contributed by atoms with Crippen molar-refractivity contribution in [1.29, 1.82) is 0 Å². The first-order chi connectivity index (χ1) is 15.5. The molecule has 0 radical (unpaired) electrons. The van der Waals surface area contributed by atoms with E-state index < -0.39 is 56.3 Å². The summed E-state index contributed by atoms with van der Waals surface area (Å²) in [5.74, 6) is -3.50. The van der Waals surface area contributed by atoms with Gasteiger partial charge in [-0.1, -0.05) is 20.8 Å². The molecule has 198 valence electrons. The lowest BCUT2D eigenvalue weighted by atomic mass is 9.88. The molecule has 11 heteroatoms. The number of amides is 1. The van der Waals surface area contributed by atoms with Gasteiger partial charge in [-0.05, 0) is 32.0 Å². The van der Waals surface area contributed by atoms with E-state index in [2.05, 4.69) is 39.2 Å². The molecule has 0 bridgehead atoms. The Bertz CT molecular complexity index is 738. The number of methoxy groups -OCH3 is 3. The summed E-state index contributed by atoms with van der Waals surface area (Å²) in [6.45, 7) is 15.9. The maximum Gasteiger partial charge on any atom is 0.366 e. The Morgan fingerprint density at radius 3 is 2.15 bits per heavy atom. The van der Waals surface area contributed by atoms with Crippen molar-refractivity contribution in [2.24, 2.45) is 0 Å². The zero-order valence-electron chi connectivity index (χ0n) is 22.5.